The third-order valence-electron chi connectivity index (χ3n) is 7.46. The zero-order valence-corrected chi connectivity index (χ0v) is 17.1. The molecular weight excluding hydrogens is 368 g/mol. The molecule has 2 saturated heterocycles. The Labute approximate surface area is 172 Å². The van der Waals surface area contributed by atoms with Gasteiger partial charge >= 0.3 is 0 Å². The fourth-order valence-corrected chi connectivity index (χ4v) is 5.88. The molecule has 4 aliphatic rings. The molecule has 0 aromatic heterocycles. The van der Waals surface area contributed by atoms with Crippen molar-refractivity contribution in [3.05, 3.63) is 23.8 Å². The van der Waals surface area contributed by atoms with Crippen LogP contribution in [0.4, 0.5) is 0 Å². The smallest absolute Gasteiger partial charge is 0.236 e. The van der Waals surface area contributed by atoms with Crippen molar-refractivity contribution in [3.63, 3.8) is 0 Å². The van der Waals surface area contributed by atoms with E-state index < -0.39 is 5.60 Å². The zero-order valence-electron chi connectivity index (χ0n) is 17.1. The third-order valence-corrected chi connectivity index (χ3v) is 7.46. The molecule has 1 amide bonds. The summed E-state index contributed by atoms with van der Waals surface area (Å²) >= 11 is 0. The van der Waals surface area contributed by atoms with Crippen LogP contribution in [0.25, 0.3) is 0 Å². The van der Waals surface area contributed by atoms with E-state index in [0.717, 1.165) is 81.6 Å². The molecule has 29 heavy (non-hydrogen) atoms. The number of likely N-dealkylation sites (tertiary alicyclic amines) is 2. The van der Waals surface area contributed by atoms with Crippen LogP contribution in [0.15, 0.2) is 18.2 Å². The number of hydrogen-bond acceptors (Lipinski definition) is 5. The third kappa shape index (κ3) is 3.61. The van der Waals surface area contributed by atoms with Crippen molar-refractivity contribution in [1.82, 2.24) is 9.80 Å². The Morgan fingerprint density at radius 1 is 1.03 bits per heavy atom. The van der Waals surface area contributed by atoms with Crippen LogP contribution in [-0.4, -0.2) is 59.4 Å². The van der Waals surface area contributed by atoms with Crippen molar-refractivity contribution < 1.29 is 19.4 Å². The first-order chi connectivity index (χ1) is 14.1. The van der Waals surface area contributed by atoms with Gasteiger partial charge in [0.05, 0.1) is 12.1 Å². The number of amides is 1. The molecule has 3 atom stereocenters. The predicted octanol–water partition coefficient (Wildman–Crippen LogP) is 3.10. The Morgan fingerprint density at radius 3 is 2.72 bits per heavy atom. The average molecular weight is 401 g/mol. The number of carbonyl (C=O) groups is 1. The molecule has 158 valence electrons. The maximum atomic E-state index is 13.0. The number of ether oxygens (including phenoxy) is 2. The minimum Gasteiger partial charge on any atom is -0.454 e. The highest BCUT2D eigenvalue weighted by molar-refractivity contribution is 5.78. The molecule has 0 radical (unpaired) electrons. The summed E-state index contributed by atoms with van der Waals surface area (Å²) in [5, 5.41) is 11.4. The molecule has 1 aromatic carbocycles. The lowest BCUT2D eigenvalue weighted by Crippen LogP contribution is -2.56. The molecule has 1 N–H and O–H groups in total. The molecule has 6 nitrogen and oxygen atoms in total. The molecule has 1 saturated carbocycles. The molecule has 0 bridgehead atoms. The second-order valence-corrected chi connectivity index (χ2v) is 9.18. The number of piperidine rings is 2. The van der Waals surface area contributed by atoms with Crippen molar-refractivity contribution in [2.75, 3.05) is 33.0 Å². The zero-order chi connectivity index (χ0) is 19.8. The van der Waals surface area contributed by atoms with Gasteiger partial charge in [-0.15, -0.1) is 0 Å². The maximum Gasteiger partial charge on any atom is 0.236 e. The molecule has 3 aliphatic heterocycles. The Hall–Kier alpha value is -1.79. The molecule has 3 heterocycles. The topological polar surface area (TPSA) is 62.2 Å². The molecule has 3 fully saturated rings. The van der Waals surface area contributed by atoms with Crippen LogP contribution in [0.5, 0.6) is 11.5 Å². The van der Waals surface area contributed by atoms with Gasteiger partial charge in [0.1, 0.15) is 0 Å². The highest BCUT2D eigenvalue weighted by Gasteiger charge is 2.49. The lowest BCUT2D eigenvalue weighted by molar-refractivity contribution is -0.145. The Balaban J connectivity index is 1.43. The lowest BCUT2D eigenvalue weighted by Gasteiger charge is -2.52. The number of fused-ring (bicyclic) bond motifs is 2. The molecule has 3 unspecified atom stereocenters. The fraction of sp³-hybridized carbons (Fsp3) is 0.696. The fourth-order valence-electron chi connectivity index (χ4n) is 5.88. The van der Waals surface area contributed by atoms with Crippen LogP contribution in [0.1, 0.15) is 63.0 Å². The lowest BCUT2D eigenvalue weighted by atomic mass is 9.66. The summed E-state index contributed by atoms with van der Waals surface area (Å²) in [6.45, 7) is 3.22. The van der Waals surface area contributed by atoms with Gasteiger partial charge in [-0.25, -0.2) is 0 Å². The summed E-state index contributed by atoms with van der Waals surface area (Å²) in [6.07, 6.45) is 8.31. The summed E-state index contributed by atoms with van der Waals surface area (Å²) in [5.41, 5.74) is 0.509. The van der Waals surface area contributed by atoms with Gasteiger partial charge in [0, 0.05) is 31.6 Å². The van der Waals surface area contributed by atoms with E-state index in [9.17, 15) is 9.90 Å². The Kier molecular flexibility index (Phi) is 5.16. The van der Waals surface area contributed by atoms with Crippen molar-refractivity contribution in [3.8, 4) is 11.5 Å². The second-order valence-electron chi connectivity index (χ2n) is 9.18. The van der Waals surface area contributed by atoms with Gasteiger partial charge in [0.25, 0.3) is 0 Å². The van der Waals surface area contributed by atoms with E-state index in [0.29, 0.717) is 6.54 Å². The monoisotopic (exact) mass is 400 g/mol. The van der Waals surface area contributed by atoms with E-state index in [-0.39, 0.29) is 24.7 Å². The van der Waals surface area contributed by atoms with Crippen LogP contribution in [0.3, 0.4) is 0 Å². The number of nitrogens with zero attached hydrogens (tertiary/aromatic N) is 2. The van der Waals surface area contributed by atoms with Crippen LogP contribution >= 0.6 is 0 Å². The van der Waals surface area contributed by atoms with Gasteiger partial charge in [-0.1, -0.05) is 18.9 Å². The van der Waals surface area contributed by atoms with E-state index in [1.54, 1.807) is 0 Å². The Bertz CT molecular complexity index is 763. The maximum absolute atomic E-state index is 13.0. The summed E-state index contributed by atoms with van der Waals surface area (Å²) in [5.74, 6) is 1.94. The van der Waals surface area contributed by atoms with Crippen molar-refractivity contribution in [2.24, 2.45) is 5.92 Å². The summed E-state index contributed by atoms with van der Waals surface area (Å²) in [6, 6.07) is 6.17. The predicted molar refractivity (Wildman–Crippen MR) is 109 cm³/mol. The van der Waals surface area contributed by atoms with E-state index in [1.807, 2.05) is 11.0 Å². The van der Waals surface area contributed by atoms with Crippen LogP contribution in [0, 0.1) is 5.92 Å². The van der Waals surface area contributed by atoms with Crippen LogP contribution in [0.2, 0.25) is 0 Å². The van der Waals surface area contributed by atoms with Crippen molar-refractivity contribution >= 4 is 5.91 Å². The molecule has 1 aliphatic carbocycles. The van der Waals surface area contributed by atoms with Crippen molar-refractivity contribution in [2.45, 2.75) is 63.0 Å². The number of benzene rings is 1. The molecule has 0 spiro atoms. The summed E-state index contributed by atoms with van der Waals surface area (Å²) in [4.78, 5) is 17.4. The highest BCUT2D eigenvalue weighted by Crippen LogP contribution is 2.50. The van der Waals surface area contributed by atoms with Gasteiger partial charge in [0.15, 0.2) is 11.5 Å². The second kappa shape index (κ2) is 7.80. The molecule has 1 aromatic rings. The first-order valence-electron chi connectivity index (χ1n) is 11.3. The van der Waals surface area contributed by atoms with Crippen LogP contribution in [-0.2, 0) is 4.79 Å². The average Bonchev–Trinajstić information content (AvgIpc) is 3.22. The van der Waals surface area contributed by atoms with E-state index in [4.69, 9.17) is 9.47 Å². The standard InChI is InChI=1S/C23H32N2O4/c26-21(24-11-4-1-5-12-24)15-25-13-10-23(27)9-3-2-6-18(23)22(25)17-7-8-19-20(14-17)29-16-28-19/h7-8,14,18,22,27H,1-6,9-13,15-16H2. The largest absolute Gasteiger partial charge is 0.454 e. The quantitative estimate of drug-likeness (QED) is 0.845. The molecule has 5 rings (SSSR count). The van der Waals surface area contributed by atoms with Crippen molar-refractivity contribution in [1.29, 1.82) is 0 Å². The van der Waals surface area contributed by atoms with Gasteiger partial charge in [0.2, 0.25) is 12.7 Å². The number of rotatable bonds is 3. The molecular formula is C23H32N2O4. The number of carbonyl (C=O) groups excluding carboxylic acids is 1. The van der Waals surface area contributed by atoms with Gasteiger partial charge in [-0.05, 0) is 56.2 Å². The van der Waals surface area contributed by atoms with E-state index in [1.165, 1.54) is 6.42 Å². The van der Waals surface area contributed by atoms with E-state index in [2.05, 4.69) is 17.0 Å². The van der Waals surface area contributed by atoms with Gasteiger partial charge < -0.3 is 19.5 Å². The normalized spacial score (nSPS) is 32.1. The first-order valence-corrected chi connectivity index (χ1v) is 11.3. The minimum absolute atomic E-state index is 0.0392. The molecule has 6 heteroatoms. The van der Waals surface area contributed by atoms with Crippen LogP contribution < -0.4 is 9.47 Å². The number of aliphatic hydroxyl groups is 1. The minimum atomic E-state index is -0.621. The summed E-state index contributed by atoms with van der Waals surface area (Å²) < 4.78 is 11.1. The first kappa shape index (κ1) is 19.2. The SMILES string of the molecule is O=C(CN1CCC2(O)CCCCC2C1c1ccc2c(c1)OCO2)N1CCCCC1. The van der Waals surface area contributed by atoms with E-state index >= 15 is 0 Å². The number of hydrogen-bond donors (Lipinski definition) is 1. The highest BCUT2D eigenvalue weighted by atomic mass is 16.7. The van der Waals surface area contributed by atoms with Gasteiger partial charge in [-0.2, -0.15) is 0 Å². The summed E-state index contributed by atoms with van der Waals surface area (Å²) in [7, 11) is 0. The van der Waals surface area contributed by atoms with Gasteiger partial charge in [-0.3, -0.25) is 9.69 Å². The Morgan fingerprint density at radius 2 is 1.86 bits per heavy atom.